The van der Waals surface area contributed by atoms with Crippen molar-refractivity contribution in [1.29, 1.82) is 0 Å². The van der Waals surface area contributed by atoms with Gasteiger partial charge in [0.15, 0.2) is 0 Å². The molecule has 0 radical (unpaired) electrons. The number of alkyl halides is 2. The molecule has 1 saturated carbocycles. The molecule has 1 aliphatic carbocycles. The highest BCUT2D eigenvalue weighted by molar-refractivity contribution is 5.27. The van der Waals surface area contributed by atoms with E-state index < -0.39 is 6.43 Å². The summed E-state index contributed by atoms with van der Waals surface area (Å²) in [6.45, 7) is -0.330. The van der Waals surface area contributed by atoms with Crippen LogP contribution in [0.15, 0.2) is 12.4 Å². The molecule has 1 heterocycles. The summed E-state index contributed by atoms with van der Waals surface area (Å²) in [6.07, 6.45) is 3.38. The molecule has 0 bridgehead atoms. The van der Waals surface area contributed by atoms with E-state index in [4.69, 9.17) is 0 Å². The standard InChI is InChI=1S/C8H11F2N3/c9-7(10)5-12-8-11-3-4-13(8)6-1-2-6/h3-4,6-7H,1-2,5H2,(H,11,12). The molecule has 5 heteroatoms. The molecule has 1 aromatic heterocycles. The minimum atomic E-state index is -2.33. The Kier molecular flexibility index (Phi) is 2.16. The van der Waals surface area contributed by atoms with Crippen molar-refractivity contribution in [2.75, 3.05) is 11.9 Å². The summed E-state index contributed by atoms with van der Waals surface area (Å²) >= 11 is 0. The van der Waals surface area contributed by atoms with Gasteiger partial charge < -0.3 is 9.88 Å². The minimum absolute atomic E-state index is 0.330. The summed E-state index contributed by atoms with van der Waals surface area (Å²) in [5, 5.41) is 2.62. The van der Waals surface area contributed by atoms with E-state index in [2.05, 4.69) is 10.3 Å². The van der Waals surface area contributed by atoms with Gasteiger partial charge in [0.25, 0.3) is 6.43 Å². The Hall–Kier alpha value is -1.13. The summed E-state index contributed by atoms with van der Waals surface area (Å²) in [6, 6.07) is 0.475. The molecule has 0 aromatic carbocycles. The van der Waals surface area contributed by atoms with E-state index in [0.717, 1.165) is 12.8 Å². The summed E-state index contributed by atoms with van der Waals surface area (Å²) in [4.78, 5) is 3.97. The van der Waals surface area contributed by atoms with Crippen molar-refractivity contribution in [3.63, 3.8) is 0 Å². The molecule has 0 atom stereocenters. The maximum Gasteiger partial charge on any atom is 0.255 e. The van der Waals surface area contributed by atoms with Crippen molar-refractivity contribution in [1.82, 2.24) is 9.55 Å². The summed E-state index contributed by atoms with van der Waals surface area (Å²) in [7, 11) is 0. The lowest BCUT2D eigenvalue weighted by molar-refractivity contribution is 0.163. The number of imidazole rings is 1. The van der Waals surface area contributed by atoms with Crippen LogP contribution in [0.4, 0.5) is 14.7 Å². The van der Waals surface area contributed by atoms with Gasteiger partial charge in [0.2, 0.25) is 5.95 Å². The van der Waals surface area contributed by atoms with Crippen LogP contribution in [0, 0.1) is 0 Å². The van der Waals surface area contributed by atoms with Crippen molar-refractivity contribution in [2.45, 2.75) is 25.3 Å². The Balaban J connectivity index is 1.98. The summed E-state index contributed by atoms with van der Waals surface area (Å²) in [5.74, 6) is 0.558. The SMILES string of the molecule is FC(F)CNc1nccn1C1CC1. The van der Waals surface area contributed by atoms with Gasteiger partial charge in [-0.15, -0.1) is 0 Å². The van der Waals surface area contributed by atoms with Crippen molar-refractivity contribution in [3.05, 3.63) is 12.4 Å². The predicted molar refractivity (Wildman–Crippen MR) is 45.0 cm³/mol. The van der Waals surface area contributed by atoms with Gasteiger partial charge in [0.1, 0.15) is 0 Å². The van der Waals surface area contributed by atoms with Crippen LogP contribution in [-0.2, 0) is 0 Å². The second-order valence-electron chi connectivity index (χ2n) is 3.16. The molecule has 2 rings (SSSR count). The van der Waals surface area contributed by atoms with Crippen molar-refractivity contribution in [2.24, 2.45) is 0 Å². The fourth-order valence-corrected chi connectivity index (χ4v) is 1.27. The molecule has 1 aromatic rings. The topological polar surface area (TPSA) is 29.9 Å². The number of nitrogens with zero attached hydrogens (tertiary/aromatic N) is 2. The molecule has 1 aliphatic rings. The monoisotopic (exact) mass is 187 g/mol. The van der Waals surface area contributed by atoms with Gasteiger partial charge in [-0.1, -0.05) is 0 Å². The Morgan fingerprint density at radius 1 is 1.62 bits per heavy atom. The van der Waals surface area contributed by atoms with Gasteiger partial charge in [-0.05, 0) is 12.8 Å². The van der Waals surface area contributed by atoms with Gasteiger partial charge in [-0.25, -0.2) is 13.8 Å². The third-order valence-electron chi connectivity index (χ3n) is 2.02. The Labute approximate surface area is 74.8 Å². The number of nitrogens with one attached hydrogen (secondary N) is 1. The van der Waals surface area contributed by atoms with E-state index in [-0.39, 0.29) is 6.54 Å². The van der Waals surface area contributed by atoms with Crippen LogP contribution in [-0.4, -0.2) is 22.5 Å². The van der Waals surface area contributed by atoms with E-state index in [9.17, 15) is 8.78 Å². The van der Waals surface area contributed by atoms with Gasteiger partial charge in [-0.2, -0.15) is 0 Å². The van der Waals surface area contributed by atoms with Crippen LogP contribution in [0.2, 0.25) is 0 Å². The van der Waals surface area contributed by atoms with Gasteiger partial charge in [0, 0.05) is 18.4 Å². The fraction of sp³-hybridized carbons (Fsp3) is 0.625. The highest BCUT2D eigenvalue weighted by Crippen LogP contribution is 2.36. The first-order valence-corrected chi connectivity index (χ1v) is 4.32. The molecule has 0 amide bonds. The molecule has 0 spiro atoms. The zero-order chi connectivity index (χ0) is 9.26. The highest BCUT2D eigenvalue weighted by atomic mass is 19.3. The van der Waals surface area contributed by atoms with Crippen molar-refractivity contribution >= 4 is 5.95 Å². The number of hydrogen-bond acceptors (Lipinski definition) is 2. The molecule has 0 saturated heterocycles. The molecule has 3 nitrogen and oxygen atoms in total. The van der Waals surface area contributed by atoms with E-state index in [1.807, 2.05) is 10.8 Å². The van der Waals surface area contributed by atoms with Crippen LogP contribution in [0.1, 0.15) is 18.9 Å². The Bertz CT molecular complexity index is 281. The second-order valence-corrected chi connectivity index (χ2v) is 3.16. The zero-order valence-electron chi connectivity index (χ0n) is 7.08. The van der Waals surface area contributed by atoms with Crippen LogP contribution >= 0.6 is 0 Å². The molecule has 1 N–H and O–H groups in total. The predicted octanol–water partition coefficient (Wildman–Crippen LogP) is 1.89. The number of hydrogen-bond donors (Lipinski definition) is 1. The molecule has 72 valence electrons. The van der Waals surface area contributed by atoms with Gasteiger partial charge >= 0.3 is 0 Å². The average molecular weight is 187 g/mol. The number of aromatic nitrogens is 2. The third-order valence-corrected chi connectivity index (χ3v) is 2.02. The molecule has 0 aliphatic heterocycles. The minimum Gasteiger partial charge on any atom is -0.350 e. The first-order valence-electron chi connectivity index (χ1n) is 4.32. The van der Waals surface area contributed by atoms with E-state index in [1.165, 1.54) is 0 Å². The largest absolute Gasteiger partial charge is 0.350 e. The van der Waals surface area contributed by atoms with E-state index in [0.29, 0.717) is 12.0 Å². The lowest BCUT2D eigenvalue weighted by Gasteiger charge is -2.07. The number of rotatable bonds is 4. The average Bonchev–Trinajstić information content (AvgIpc) is 2.82. The van der Waals surface area contributed by atoms with Crippen LogP contribution in [0.3, 0.4) is 0 Å². The lowest BCUT2D eigenvalue weighted by Crippen LogP contribution is -2.13. The van der Waals surface area contributed by atoms with E-state index in [1.54, 1.807) is 6.20 Å². The number of anilines is 1. The molecular weight excluding hydrogens is 176 g/mol. The highest BCUT2D eigenvalue weighted by Gasteiger charge is 2.25. The first kappa shape index (κ1) is 8.47. The smallest absolute Gasteiger partial charge is 0.255 e. The molecular formula is C8H11F2N3. The maximum atomic E-state index is 11.9. The summed E-state index contributed by atoms with van der Waals surface area (Å²) < 4.78 is 25.7. The van der Waals surface area contributed by atoms with Crippen molar-refractivity contribution in [3.8, 4) is 0 Å². The lowest BCUT2D eigenvalue weighted by atomic mass is 10.6. The van der Waals surface area contributed by atoms with Gasteiger partial charge in [0.05, 0.1) is 6.54 Å². The quantitative estimate of drug-likeness (QED) is 0.780. The summed E-state index contributed by atoms with van der Waals surface area (Å²) in [5.41, 5.74) is 0. The van der Waals surface area contributed by atoms with Gasteiger partial charge in [-0.3, -0.25) is 0 Å². The second kappa shape index (κ2) is 3.32. The van der Waals surface area contributed by atoms with Crippen LogP contribution in [0.25, 0.3) is 0 Å². The Morgan fingerprint density at radius 3 is 3.00 bits per heavy atom. The number of halogens is 2. The van der Waals surface area contributed by atoms with E-state index >= 15 is 0 Å². The van der Waals surface area contributed by atoms with Crippen molar-refractivity contribution < 1.29 is 8.78 Å². The molecule has 1 fully saturated rings. The Morgan fingerprint density at radius 2 is 2.38 bits per heavy atom. The first-order chi connectivity index (χ1) is 6.27. The zero-order valence-corrected chi connectivity index (χ0v) is 7.08. The fourth-order valence-electron chi connectivity index (χ4n) is 1.27. The van der Waals surface area contributed by atoms with Crippen LogP contribution in [0.5, 0.6) is 0 Å². The normalized spacial score (nSPS) is 16.5. The third kappa shape index (κ3) is 1.96. The maximum absolute atomic E-state index is 11.9. The molecule has 0 unspecified atom stereocenters. The van der Waals surface area contributed by atoms with Crippen LogP contribution < -0.4 is 5.32 Å². The molecule has 13 heavy (non-hydrogen) atoms.